The Hall–Kier alpha value is -1.47. The summed E-state index contributed by atoms with van der Waals surface area (Å²) in [6.45, 7) is 0.624. The number of sulfonamides is 1. The van der Waals surface area contributed by atoms with Crippen LogP contribution in [0.4, 0.5) is 0 Å². The van der Waals surface area contributed by atoms with E-state index in [1.165, 1.54) is 4.31 Å². The zero-order chi connectivity index (χ0) is 14.9. The number of benzene rings is 2. The van der Waals surface area contributed by atoms with Crippen molar-refractivity contribution >= 4 is 20.8 Å². The molecule has 0 aliphatic carbocycles. The monoisotopic (exact) mass is 307 g/mol. The van der Waals surface area contributed by atoms with Crippen LogP contribution in [-0.2, 0) is 14.8 Å². The van der Waals surface area contributed by atoms with Gasteiger partial charge in [0.25, 0.3) is 0 Å². The molecule has 21 heavy (non-hydrogen) atoms. The lowest BCUT2D eigenvalue weighted by Crippen LogP contribution is -2.46. The zero-order valence-electron chi connectivity index (χ0n) is 11.5. The summed E-state index contributed by atoms with van der Waals surface area (Å²) in [6, 6.07) is 12.8. The average molecular weight is 307 g/mol. The largest absolute Gasteiger partial charge is 0.394 e. The van der Waals surface area contributed by atoms with Gasteiger partial charge in [-0.2, -0.15) is 4.31 Å². The number of aliphatic hydroxyl groups is 1. The summed E-state index contributed by atoms with van der Waals surface area (Å²) in [4.78, 5) is 0.278. The van der Waals surface area contributed by atoms with Crippen LogP contribution in [0.3, 0.4) is 0 Å². The number of morpholine rings is 1. The molecule has 1 atom stereocenters. The first-order valence-corrected chi connectivity index (χ1v) is 8.27. The van der Waals surface area contributed by atoms with Crippen molar-refractivity contribution in [1.29, 1.82) is 0 Å². The number of hydrogen-bond donors (Lipinski definition) is 1. The van der Waals surface area contributed by atoms with E-state index in [-0.39, 0.29) is 18.0 Å². The summed E-state index contributed by atoms with van der Waals surface area (Å²) >= 11 is 0. The van der Waals surface area contributed by atoms with Gasteiger partial charge >= 0.3 is 0 Å². The van der Waals surface area contributed by atoms with E-state index in [1.54, 1.807) is 12.1 Å². The molecule has 112 valence electrons. The van der Waals surface area contributed by atoms with Crippen LogP contribution < -0.4 is 0 Å². The normalized spacial score (nSPS) is 20.7. The van der Waals surface area contributed by atoms with E-state index in [0.717, 1.165) is 10.8 Å². The predicted molar refractivity (Wildman–Crippen MR) is 79.5 cm³/mol. The topological polar surface area (TPSA) is 66.8 Å². The molecule has 0 amide bonds. The minimum absolute atomic E-state index is 0.177. The van der Waals surface area contributed by atoms with Crippen molar-refractivity contribution in [2.75, 3.05) is 26.3 Å². The molecule has 0 aromatic heterocycles. The van der Waals surface area contributed by atoms with Gasteiger partial charge in [0.15, 0.2) is 0 Å². The fourth-order valence-electron chi connectivity index (χ4n) is 2.50. The molecule has 3 rings (SSSR count). The summed E-state index contributed by atoms with van der Waals surface area (Å²) in [5.41, 5.74) is 0. The maximum Gasteiger partial charge on any atom is 0.243 e. The van der Waals surface area contributed by atoms with Crippen molar-refractivity contribution in [3.8, 4) is 0 Å². The summed E-state index contributed by atoms with van der Waals surface area (Å²) in [5, 5.41) is 11.0. The van der Waals surface area contributed by atoms with Gasteiger partial charge in [-0.3, -0.25) is 0 Å². The van der Waals surface area contributed by atoms with E-state index in [2.05, 4.69) is 0 Å². The molecule has 1 unspecified atom stereocenters. The van der Waals surface area contributed by atoms with Gasteiger partial charge in [-0.1, -0.05) is 30.3 Å². The van der Waals surface area contributed by atoms with E-state index in [0.29, 0.717) is 13.2 Å². The van der Waals surface area contributed by atoms with Crippen molar-refractivity contribution in [2.45, 2.75) is 11.0 Å². The maximum absolute atomic E-state index is 12.7. The van der Waals surface area contributed by atoms with Crippen molar-refractivity contribution in [2.24, 2.45) is 0 Å². The Morgan fingerprint density at radius 2 is 1.95 bits per heavy atom. The lowest BCUT2D eigenvalue weighted by atomic mass is 10.1. The Labute approximate surface area is 123 Å². The summed E-state index contributed by atoms with van der Waals surface area (Å²) in [5.74, 6) is 0. The van der Waals surface area contributed by atoms with E-state index in [9.17, 15) is 8.42 Å². The van der Waals surface area contributed by atoms with E-state index < -0.39 is 16.1 Å². The van der Waals surface area contributed by atoms with Gasteiger partial charge in [0.1, 0.15) is 0 Å². The Morgan fingerprint density at radius 1 is 1.19 bits per heavy atom. The third kappa shape index (κ3) is 2.80. The number of aliphatic hydroxyl groups excluding tert-OH is 1. The molecule has 2 aromatic carbocycles. The molecule has 1 saturated heterocycles. The molecule has 1 N–H and O–H groups in total. The minimum Gasteiger partial charge on any atom is -0.394 e. The van der Waals surface area contributed by atoms with Crippen LogP contribution >= 0.6 is 0 Å². The molecule has 1 heterocycles. The lowest BCUT2D eigenvalue weighted by Gasteiger charge is -2.31. The first-order valence-electron chi connectivity index (χ1n) is 6.82. The van der Waals surface area contributed by atoms with Crippen molar-refractivity contribution < 1.29 is 18.3 Å². The summed E-state index contributed by atoms with van der Waals surface area (Å²) < 4.78 is 32.0. The number of hydrogen-bond acceptors (Lipinski definition) is 4. The van der Waals surface area contributed by atoms with Crippen LogP contribution in [0.1, 0.15) is 0 Å². The molecular weight excluding hydrogens is 290 g/mol. The van der Waals surface area contributed by atoms with E-state index in [1.807, 2.05) is 30.3 Å². The molecule has 1 aliphatic rings. The SMILES string of the molecule is O=S(=O)(c1ccc2ccccc2c1)N1CCOC(CO)C1. The first kappa shape index (κ1) is 14.5. The van der Waals surface area contributed by atoms with Gasteiger partial charge in [-0.25, -0.2) is 8.42 Å². The predicted octanol–water partition coefficient (Wildman–Crippen LogP) is 1.22. The van der Waals surface area contributed by atoms with Crippen molar-refractivity contribution in [3.05, 3.63) is 42.5 Å². The van der Waals surface area contributed by atoms with Crippen LogP contribution in [-0.4, -0.2) is 50.2 Å². The van der Waals surface area contributed by atoms with Crippen LogP contribution in [0, 0.1) is 0 Å². The fourth-order valence-corrected chi connectivity index (χ4v) is 3.99. The van der Waals surface area contributed by atoms with Crippen LogP contribution in [0.5, 0.6) is 0 Å². The molecule has 6 heteroatoms. The van der Waals surface area contributed by atoms with E-state index in [4.69, 9.17) is 9.84 Å². The molecule has 0 radical (unpaired) electrons. The highest BCUT2D eigenvalue weighted by Gasteiger charge is 2.30. The van der Waals surface area contributed by atoms with Gasteiger partial charge < -0.3 is 9.84 Å². The summed E-state index contributed by atoms with van der Waals surface area (Å²) in [6.07, 6.45) is -0.450. The maximum atomic E-state index is 12.7. The number of fused-ring (bicyclic) bond motifs is 1. The quantitative estimate of drug-likeness (QED) is 0.926. The van der Waals surface area contributed by atoms with E-state index >= 15 is 0 Å². The molecule has 2 aromatic rings. The molecule has 0 saturated carbocycles. The second kappa shape index (κ2) is 5.73. The molecular formula is C15H17NO4S. The molecule has 0 bridgehead atoms. The highest BCUT2D eigenvalue weighted by Crippen LogP contribution is 2.23. The molecule has 5 nitrogen and oxygen atoms in total. The highest BCUT2D eigenvalue weighted by atomic mass is 32.2. The Bertz CT molecular complexity index is 744. The Kier molecular flexibility index (Phi) is 3.95. The van der Waals surface area contributed by atoms with Gasteiger partial charge in [0.2, 0.25) is 10.0 Å². The highest BCUT2D eigenvalue weighted by molar-refractivity contribution is 7.89. The second-order valence-corrected chi connectivity index (χ2v) is 6.99. The standard InChI is InChI=1S/C15H17NO4S/c17-11-14-10-16(7-8-20-14)21(18,19)15-6-5-12-3-1-2-4-13(12)9-15/h1-6,9,14,17H,7-8,10-11H2. The average Bonchev–Trinajstić information content (AvgIpc) is 2.54. The minimum atomic E-state index is -3.55. The van der Waals surface area contributed by atoms with Gasteiger partial charge in [0, 0.05) is 13.1 Å². The third-order valence-electron chi connectivity index (χ3n) is 3.66. The van der Waals surface area contributed by atoms with Gasteiger partial charge in [0.05, 0.1) is 24.2 Å². The molecule has 0 spiro atoms. The summed E-state index contributed by atoms with van der Waals surface area (Å²) in [7, 11) is -3.55. The molecule has 1 aliphatic heterocycles. The van der Waals surface area contributed by atoms with Crippen LogP contribution in [0.2, 0.25) is 0 Å². The van der Waals surface area contributed by atoms with Crippen LogP contribution in [0.25, 0.3) is 10.8 Å². The molecule has 1 fully saturated rings. The Balaban J connectivity index is 1.95. The second-order valence-electron chi connectivity index (χ2n) is 5.05. The van der Waals surface area contributed by atoms with Gasteiger partial charge in [-0.05, 0) is 22.9 Å². The van der Waals surface area contributed by atoms with Crippen LogP contribution in [0.15, 0.2) is 47.4 Å². The number of ether oxygens (including phenoxy) is 1. The first-order chi connectivity index (χ1) is 10.1. The lowest BCUT2D eigenvalue weighted by molar-refractivity contribution is -0.0304. The fraction of sp³-hybridized carbons (Fsp3) is 0.333. The van der Waals surface area contributed by atoms with Crippen molar-refractivity contribution in [1.82, 2.24) is 4.31 Å². The third-order valence-corrected chi connectivity index (χ3v) is 5.52. The number of nitrogens with zero attached hydrogens (tertiary/aromatic N) is 1. The Morgan fingerprint density at radius 3 is 2.71 bits per heavy atom. The van der Waals surface area contributed by atoms with Gasteiger partial charge in [-0.15, -0.1) is 0 Å². The zero-order valence-corrected chi connectivity index (χ0v) is 12.3. The number of rotatable bonds is 3. The van der Waals surface area contributed by atoms with Crippen molar-refractivity contribution in [3.63, 3.8) is 0 Å². The smallest absolute Gasteiger partial charge is 0.243 e.